The number of anilines is 1. The number of aryl methyl sites for hydroxylation is 1. The molecule has 0 spiro atoms. The number of aliphatic imine (C=N–C) groups is 1. The number of amidine groups is 1. The van der Waals surface area contributed by atoms with Gasteiger partial charge < -0.3 is 0 Å². The first-order valence-corrected chi connectivity index (χ1v) is 18.4. The highest BCUT2D eigenvalue weighted by molar-refractivity contribution is 6.22. The van der Waals surface area contributed by atoms with Crippen LogP contribution >= 0.6 is 0 Å². The fourth-order valence-electron chi connectivity index (χ4n) is 7.90. The zero-order valence-corrected chi connectivity index (χ0v) is 30.4. The summed E-state index contributed by atoms with van der Waals surface area (Å²) in [4.78, 5) is 18.0. The van der Waals surface area contributed by atoms with Crippen LogP contribution in [-0.2, 0) is 0 Å². The van der Waals surface area contributed by atoms with Gasteiger partial charge in [0.1, 0.15) is 17.3 Å². The summed E-state index contributed by atoms with van der Waals surface area (Å²) >= 11 is 0. The maximum absolute atomic E-state index is 5.33. The molecule has 1 aliphatic rings. The van der Waals surface area contributed by atoms with E-state index in [9.17, 15) is 0 Å². The molecule has 2 aromatic heterocycles. The van der Waals surface area contributed by atoms with Crippen molar-refractivity contribution in [1.29, 1.82) is 0 Å². The van der Waals surface area contributed by atoms with E-state index in [4.69, 9.17) is 21.5 Å². The molecule has 0 bridgehead atoms. The van der Waals surface area contributed by atoms with Gasteiger partial charge in [-0.25, -0.2) is 15.0 Å². The molecule has 10 rings (SSSR count). The van der Waals surface area contributed by atoms with Gasteiger partial charge in [0.15, 0.2) is 0 Å². The quantitative estimate of drug-likeness (QED) is 0.173. The molecule has 5 heteroatoms. The van der Waals surface area contributed by atoms with Crippen LogP contribution in [0.15, 0.2) is 170 Å². The molecule has 3 heterocycles. The first-order valence-electron chi connectivity index (χ1n) is 18.4. The lowest BCUT2D eigenvalue weighted by Gasteiger charge is -2.34. The number of para-hydroxylation sites is 3. The third-order valence-corrected chi connectivity index (χ3v) is 10.7. The van der Waals surface area contributed by atoms with E-state index in [-0.39, 0.29) is 0 Å². The topological polar surface area (TPSA) is 45.8 Å². The Balaban J connectivity index is 1.14. The normalized spacial score (nSPS) is 12.7. The summed E-state index contributed by atoms with van der Waals surface area (Å²) in [5.74, 6) is 1.68. The van der Waals surface area contributed by atoms with Gasteiger partial charge in [-0.1, -0.05) is 123 Å². The highest BCUT2D eigenvalue weighted by atomic mass is 15.2. The van der Waals surface area contributed by atoms with Crippen molar-refractivity contribution in [3.63, 3.8) is 0 Å². The Bertz CT molecular complexity index is 3130. The first-order chi connectivity index (χ1) is 27.0. The number of hydrogen-bond acceptors (Lipinski definition) is 4. The largest absolute Gasteiger partial charge is 0.294 e. The average molecular weight is 706 g/mol. The standard InChI is InChI=1S/C50H35N5/c1-5-33-19-21-39(27-34(33)6-2)49-52-44-26-24-38(30-42(44)50-53-45-16-10-12-18-47(45)55(49)50)37-23-25-43-41(29-37)32(4)54(46-17-11-7-13-31(46)3)48(51-43)40-22-20-35-14-8-9-15-36(35)28-40/h5-30H,1-2,4H2,3H3. The van der Waals surface area contributed by atoms with Gasteiger partial charge in [0, 0.05) is 27.8 Å². The van der Waals surface area contributed by atoms with Gasteiger partial charge in [-0.2, -0.15) is 0 Å². The summed E-state index contributed by atoms with van der Waals surface area (Å²) in [7, 11) is 0. The third-order valence-electron chi connectivity index (χ3n) is 10.7. The van der Waals surface area contributed by atoms with Crippen LogP contribution in [0.1, 0.15) is 27.8 Å². The number of imidazole rings is 1. The maximum Gasteiger partial charge on any atom is 0.149 e. The molecular formula is C50H35N5. The molecule has 0 fully saturated rings. The van der Waals surface area contributed by atoms with Crippen LogP contribution in [0.3, 0.4) is 0 Å². The summed E-state index contributed by atoms with van der Waals surface area (Å²) < 4.78 is 2.18. The molecule has 9 aromatic rings. The minimum atomic E-state index is 0.823. The Morgan fingerprint density at radius 3 is 2.16 bits per heavy atom. The van der Waals surface area contributed by atoms with Crippen LogP contribution in [-0.4, -0.2) is 20.2 Å². The molecule has 1 aliphatic heterocycles. The highest BCUT2D eigenvalue weighted by Crippen LogP contribution is 2.42. The van der Waals surface area contributed by atoms with Crippen molar-refractivity contribution in [2.45, 2.75) is 6.92 Å². The lowest BCUT2D eigenvalue weighted by atomic mass is 9.96. The van der Waals surface area contributed by atoms with E-state index in [0.717, 1.165) is 101 Å². The van der Waals surface area contributed by atoms with E-state index in [2.05, 4.69) is 163 Å². The summed E-state index contributed by atoms with van der Waals surface area (Å²) in [6.45, 7) is 14.9. The van der Waals surface area contributed by atoms with Crippen molar-refractivity contribution in [3.05, 3.63) is 193 Å². The van der Waals surface area contributed by atoms with E-state index >= 15 is 0 Å². The van der Waals surface area contributed by atoms with Crippen molar-refractivity contribution >= 4 is 73.4 Å². The number of aromatic nitrogens is 3. The molecule has 7 aromatic carbocycles. The summed E-state index contributed by atoms with van der Waals surface area (Å²) in [5, 5.41) is 3.34. The number of hydrogen-bond donors (Lipinski definition) is 0. The maximum atomic E-state index is 5.33. The van der Waals surface area contributed by atoms with Gasteiger partial charge in [-0.15, -0.1) is 0 Å². The van der Waals surface area contributed by atoms with Crippen LogP contribution in [0.25, 0.3) is 78.7 Å². The van der Waals surface area contributed by atoms with E-state index in [1.165, 1.54) is 10.8 Å². The molecule has 0 amide bonds. The van der Waals surface area contributed by atoms with Gasteiger partial charge in [0.05, 0.1) is 27.9 Å². The van der Waals surface area contributed by atoms with Gasteiger partial charge in [-0.3, -0.25) is 9.30 Å². The Hall–Kier alpha value is -7.37. The molecule has 0 atom stereocenters. The van der Waals surface area contributed by atoms with Crippen LogP contribution in [0.5, 0.6) is 0 Å². The minimum Gasteiger partial charge on any atom is -0.294 e. The lowest BCUT2D eigenvalue weighted by molar-refractivity contribution is 1.16. The fourth-order valence-corrected chi connectivity index (χ4v) is 7.90. The van der Waals surface area contributed by atoms with Crippen molar-refractivity contribution in [3.8, 4) is 22.5 Å². The Morgan fingerprint density at radius 1 is 0.582 bits per heavy atom. The van der Waals surface area contributed by atoms with Gasteiger partial charge in [-0.05, 0) is 100 Å². The van der Waals surface area contributed by atoms with Gasteiger partial charge in [0.25, 0.3) is 0 Å². The molecule has 0 unspecified atom stereocenters. The Kier molecular flexibility index (Phi) is 7.42. The molecular weight excluding hydrogens is 671 g/mol. The number of fused-ring (bicyclic) bond motifs is 7. The zero-order valence-electron chi connectivity index (χ0n) is 30.4. The Labute approximate surface area is 319 Å². The smallest absolute Gasteiger partial charge is 0.149 e. The van der Waals surface area contributed by atoms with Crippen molar-refractivity contribution in [1.82, 2.24) is 14.4 Å². The number of nitrogens with zero attached hydrogens (tertiary/aromatic N) is 5. The van der Waals surface area contributed by atoms with E-state index in [1.807, 2.05) is 24.3 Å². The zero-order chi connectivity index (χ0) is 37.2. The SMILES string of the molecule is C=Cc1ccc(-c2nc3ccc(-c4ccc5c(c4)C(=C)N(c4ccccc4C)C(c4ccc6ccccc6c4)=N5)cc3c3nc4ccccc4n23)cc1C=C. The number of rotatable bonds is 6. The van der Waals surface area contributed by atoms with Gasteiger partial charge in [0.2, 0.25) is 0 Å². The second-order valence-corrected chi connectivity index (χ2v) is 14.0. The summed E-state index contributed by atoms with van der Waals surface area (Å²) in [6.07, 6.45) is 3.71. The third kappa shape index (κ3) is 5.20. The van der Waals surface area contributed by atoms with Crippen LogP contribution in [0.2, 0.25) is 0 Å². The second-order valence-electron chi connectivity index (χ2n) is 14.0. The van der Waals surface area contributed by atoms with Gasteiger partial charge >= 0.3 is 0 Å². The number of benzene rings is 7. The van der Waals surface area contributed by atoms with Crippen LogP contribution in [0.4, 0.5) is 11.4 Å². The van der Waals surface area contributed by atoms with Crippen molar-refractivity contribution in [2.75, 3.05) is 4.90 Å². The Morgan fingerprint density at radius 2 is 1.31 bits per heavy atom. The van der Waals surface area contributed by atoms with Crippen molar-refractivity contribution in [2.24, 2.45) is 4.99 Å². The minimum absolute atomic E-state index is 0.823. The van der Waals surface area contributed by atoms with E-state index in [1.54, 1.807) is 0 Å². The lowest BCUT2D eigenvalue weighted by Crippen LogP contribution is -2.32. The molecule has 0 aliphatic carbocycles. The predicted molar refractivity (Wildman–Crippen MR) is 232 cm³/mol. The van der Waals surface area contributed by atoms with E-state index in [0.29, 0.717) is 0 Å². The van der Waals surface area contributed by atoms with E-state index < -0.39 is 0 Å². The molecule has 260 valence electrons. The van der Waals surface area contributed by atoms with Crippen molar-refractivity contribution < 1.29 is 0 Å². The molecule has 0 radical (unpaired) electrons. The van der Waals surface area contributed by atoms with Crippen LogP contribution < -0.4 is 4.90 Å². The molecule has 5 nitrogen and oxygen atoms in total. The second kappa shape index (κ2) is 12.6. The monoisotopic (exact) mass is 705 g/mol. The first kappa shape index (κ1) is 32.3. The predicted octanol–water partition coefficient (Wildman–Crippen LogP) is 12.7. The molecule has 0 saturated heterocycles. The summed E-state index contributed by atoms with van der Waals surface area (Å²) in [6, 6.07) is 50.8. The van der Waals surface area contributed by atoms with Crippen LogP contribution in [0, 0.1) is 6.92 Å². The fraction of sp³-hybridized carbons (Fsp3) is 0.0200. The average Bonchev–Trinajstić information content (AvgIpc) is 3.63. The molecule has 0 N–H and O–H groups in total. The highest BCUT2D eigenvalue weighted by Gasteiger charge is 2.28. The molecule has 0 saturated carbocycles. The molecule has 55 heavy (non-hydrogen) atoms. The summed E-state index contributed by atoms with van der Waals surface area (Å²) in [5.41, 5.74) is 14.7.